The van der Waals surface area contributed by atoms with E-state index in [1.54, 1.807) is 10.4 Å². The second-order valence-corrected chi connectivity index (χ2v) is 7.23. The molecule has 2 aromatic rings. The molecule has 0 amide bonds. The number of nitrogens with zero attached hydrogens (tertiary/aromatic N) is 1. The molecule has 4 rings (SSSR count). The van der Waals surface area contributed by atoms with Crippen molar-refractivity contribution in [1.82, 2.24) is 4.90 Å². The van der Waals surface area contributed by atoms with Gasteiger partial charge in [-0.15, -0.1) is 11.3 Å². The average molecular weight is 284 g/mol. The molecular weight excluding hydrogens is 264 g/mol. The van der Waals surface area contributed by atoms with E-state index in [1.807, 2.05) is 23.5 Å². The van der Waals surface area contributed by atoms with E-state index in [9.17, 15) is 0 Å². The minimum Gasteiger partial charge on any atom is -0.399 e. The summed E-state index contributed by atoms with van der Waals surface area (Å²) in [6.07, 6.45) is 3.87. The summed E-state index contributed by atoms with van der Waals surface area (Å²) in [5, 5.41) is 2.24. The molecule has 1 saturated carbocycles. The van der Waals surface area contributed by atoms with Crippen molar-refractivity contribution in [3.8, 4) is 0 Å². The van der Waals surface area contributed by atoms with Crippen molar-refractivity contribution in [3.63, 3.8) is 0 Å². The number of hydrogen-bond acceptors (Lipinski definition) is 3. The average Bonchev–Trinajstić information content (AvgIpc) is 3.08. The zero-order valence-electron chi connectivity index (χ0n) is 11.6. The van der Waals surface area contributed by atoms with Crippen molar-refractivity contribution < 1.29 is 0 Å². The van der Waals surface area contributed by atoms with Gasteiger partial charge in [-0.05, 0) is 54.0 Å². The van der Waals surface area contributed by atoms with Gasteiger partial charge in [0, 0.05) is 35.6 Å². The number of benzene rings is 1. The summed E-state index contributed by atoms with van der Waals surface area (Å²) in [4.78, 5) is 4.23. The van der Waals surface area contributed by atoms with Gasteiger partial charge < -0.3 is 5.73 Å². The van der Waals surface area contributed by atoms with Gasteiger partial charge in [0.05, 0.1) is 0 Å². The smallest absolute Gasteiger partial charge is 0.0314 e. The van der Waals surface area contributed by atoms with Gasteiger partial charge in [-0.1, -0.05) is 12.1 Å². The summed E-state index contributed by atoms with van der Waals surface area (Å²) in [6, 6.07) is 10.8. The Hall–Kier alpha value is -1.32. The summed E-state index contributed by atoms with van der Waals surface area (Å²) in [5.41, 5.74) is 10.1. The van der Waals surface area contributed by atoms with Crippen LogP contribution in [0.4, 0.5) is 5.69 Å². The standard InChI is InChI=1S/C17H20N2S/c18-15-3-1-14(2-4-15)17(7-8-17)12-19-9-5-16-13(11-19)6-10-20-16/h1-4,6,10H,5,7-9,11-12,18H2. The molecule has 0 atom stereocenters. The first-order valence-corrected chi connectivity index (χ1v) is 8.27. The van der Waals surface area contributed by atoms with E-state index >= 15 is 0 Å². The normalized spacial score (nSPS) is 20.6. The van der Waals surface area contributed by atoms with Crippen molar-refractivity contribution in [2.45, 2.75) is 31.2 Å². The molecule has 0 radical (unpaired) electrons. The van der Waals surface area contributed by atoms with Crippen LogP contribution in [0.2, 0.25) is 0 Å². The second kappa shape index (κ2) is 4.61. The van der Waals surface area contributed by atoms with Crippen LogP contribution in [0.15, 0.2) is 35.7 Å². The van der Waals surface area contributed by atoms with Gasteiger partial charge in [0.2, 0.25) is 0 Å². The number of nitrogen functional groups attached to an aromatic ring is 1. The third kappa shape index (κ3) is 2.15. The van der Waals surface area contributed by atoms with Crippen LogP contribution in [0.3, 0.4) is 0 Å². The number of nitrogens with two attached hydrogens (primary N) is 1. The zero-order chi connectivity index (χ0) is 13.6. The maximum Gasteiger partial charge on any atom is 0.0314 e. The number of hydrogen-bond donors (Lipinski definition) is 1. The lowest BCUT2D eigenvalue weighted by atomic mass is 9.94. The highest BCUT2D eigenvalue weighted by Crippen LogP contribution is 2.49. The molecule has 2 N–H and O–H groups in total. The Morgan fingerprint density at radius 3 is 2.70 bits per heavy atom. The highest BCUT2D eigenvalue weighted by molar-refractivity contribution is 7.10. The molecule has 0 unspecified atom stereocenters. The molecule has 1 aliphatic heterocycles. The summed E-state index contributed by atoms with van der Waals surface area (Å²) in [7, 11) is 0. The molecular formula is C17H20N2S. The van der Waals surface area contributed by atoms with Gasteiger partial charge in [-0.3, -0.25) is 4.90 Å². The Labute approximate surface area is 124 Å². The van der Waals surface area contributed by atoms with Crippen LogP contribution >= 0.6 is 11.3 Å². The molecule has 0 saturated heterocycles. The summed E-state index contributed by atoms with van der Waals surface area (Å²) >= 11 is 1.92. The highest BCUT2D eigenvalue weighted by Gasteiger charge is 2.45. The Morgan fingerprint density at radius 2 is 1.95 bits per heavy atom. The van der Waals surface area contributed by atoms with Crippen LogP contribution in [-0.4, -0.2) is 18.0 Å². The van der Waals surface area contributed by atoms with Crippen molar-refractivity contribution in [3.05, 3.63) is 51.7 Å². The molecule has 1 aliphatic carbocycles. The second-order valence-electron chi connectivity index (χ2n) is 6.23. The molecule has 0 bridgehead atoms. The fraction of sp³-hybridized carbons (Fsp3) is 0.412. The van der Waals surface area contributed by atoms with E-state index in [4.69, 9.17) is 5.73 Å². The van der Waals surface area contributed by atoms with Gasteiger partial charge >= 0.3 is 0 Å². The lowest BCUT2D eigenvalue weighted by Gasteiger charge is -2.31. The number of thiophene rings is 1. The molecule has 2 heterocycles. The Balaban J connectivity index is 1.51. The third-order valence-electron chi connectivity index (χ3n) is 4.79. The molecule has 1 aromatic carbocycles. The Morgan fingerprint density at radius 1 is 1.15 bits per heavy atom. The van der Waals surface area contributed by atoms with Gasteiger partial charge in [-0.25, -0.2) is 0 Å². The largest absolute Gasteiger partial charge is 0.399 e. The molecule has 1 aromatic heterocycles. The lowest BCUT2D eigenvalue weighted by molar-refractivity contribution is 0.232. The predicted molar refractivity (Wildman–Crippen MR) is 85.1 cm³/mol. The Bertz CT molecular complexity index is 610. The first kappa shape index (κ1) is 12.4. The SMILES string of the molecule is Nc1ccc(C2(CN3CCc4sccc4C3)CC2)cc1. The predicted octanol–water partition coefficient (Wildman–Crippen LogP) is 3.42. The molecule has 1 fully saturated rings. The van der Waals surface area contributed by atoms with Crippen molar-refractivity contribution in [2.75, 3.05) is 18.8 Å². The van der Waals surface area contributed by atoms with Crippen LogP contribution in [-0.2, 0) is 18.4 Å². The molecule has 104 valence electrons. The summed E-state index contributed by atoms with van der Waals surface area (Å²) < 4.78 is 0. The van der Waals surface area contributed by atoms with Gasteiger partial charge in [0.1, 0.15) is 0 Å². The fourth-order valence-corrected chi connectivity index (χ4v) is 4.29. The van der Waals surface area contributed by atoms with E-state index in [1.165, 1.54) is 37.9 Å². The zero-order valence-corrected chi connectivity index (χ0v) is 12.5. The van der Waals surface area contributed by atoms with E-state index in [-0.39, 0.29) is 0 Å². The first-order valence-electron chi connectivity index (χ1n) is 7.39. The topological polar surface area (TPSA) is 29.3 Å². The highest BCUT2D eigenvalue weighted by atomic mass is 32.1. The monoisotopic (exact) mass is 284 g/mol. The van der Waals surface area contributed by atoms with Crippen molar-refractivity contribution in [1.29, 1.82) is 0 Å². The molecule has 0 spiro atoms. The molecule has 20 heavy (non-hydrogen) atoms. The van der Waals surface area contributed by atoms with Crippen LogP contribution in [0.25, 0.3) is 0 Å². The summed E-state index contributed by atoms with van der Waals surface area (Å²) in [6.45, 7) is 3.55. The lowest BCUT2D eigenvalue weighted by Crippen LogP contribution is -2.36. The van der Waals surface area contributed by atoms with E-state index in [2.05, 4.69) is 28.5 Å². The van der Waals surface area contributed by atoms with Crippen molar-refractivity contribution >= 4 is 17.0 Å². The van der Waals surface area contributed by atoms with Crippen LogP contribution in [0, 0.1) is 0 Å². The van der Waals surface area contributed by atoms with Crippen LogP contribution in [0.5, 0.6) is 0 Å². The first-order chi connectivity index (χ1) is 9.75. The van der Waals surface area contributed by atoms with E-state index < -0.39 is 0 Å². The maximum absolute atomic E-state index is 5.81. The molecule has 2 nitrogen and oxygen atoms in total. The van der Waals surface area contributed by atoms with Gasteiger partial charge in [0.25, 0.3) is 0 Å². The third-order valence-corrected chi connectivity index (χ3v) is 5.81. The van der Waals surface area contributed by atoms with Gasteiger partial charge in [0.15, 0.2) is 0 Å². The molecule has 2 aliphatic rings. The van der Waals surface area contributed by atoms with Crippen LogP contribution < -0.4 is 5.73 Å². The minimum atomic E-state index is 0.404. The number of rotatable bonds is 3. The Kier molecular flexibility index (Phi) is 2.86. The summed E-state index contributed by atoms with van der Waals surface area (Å²) in [5.74, 6) is 0. The fourth-order valence-electron chi connectivity index (χ4n) is 3.40. The van der Waals surface area contributed by atoms with Gasteiger partial charge in [-0.2, -0.15) is 0 Å². The molecule has 3 heteroatoms. The van der Waals surface area contributed by atoms with Crippen LogP contribution in [0.1, 0.15) is 28.8 Å². The maximum atomic E-state index is 5.81. The number of fused-ring (bicyclic) bond motifs is 1. The quantitative estimate of drug-likeness (QED) is 0.875. The van der Waals surface area contributed by atoms with E-state index in [0.717, 1.165) is 12.2 Å². The number of anilines is 1. The van der Waals surface area contributed by atoms with Crippen molar-refractivity contribution in [2.24, 2.45) is 0 Å². The minimum absolute atomic E-state index is 0.404. The van der Waals surface area contributed by atoms with E-state index in [0.29, 0.717) is 5.41 Å².